The van der Waals surface area contributed by atoms with Crippen molar-refractivity contribution in [3.63, 3.8) is 0 Å². The Morgan fingerprint density at radius 2 is 1.59 bits per heavy atom. The lowest BCUT2D eigenvalue weighted by Crippen LogP contribution is -2.33. The third-order valence-corrected chi connectivity index (χ3v) is 6.43. The standard InChI is InChI=1S/C29H32ClF2NO/c1-5-23-16-20(8-12-26(23)30)14-15-33(19-21-6-10-24(11-7-21)29(2,3)4)28(34)25-17-22(18-31)9-13-27(25)32/h6-13,16-17H,5,14-15,18-19H2,1-4H3. The minimum absolute atomic E-state index is 0.0234. The van der Waals surface area contributed by atoms with E-state index >= 15 is 0 Å². The van der Waals surface area contributed by atoms with Gasteiger partial charge in [0.1, 0.15) is 12.5 Å². The highest BCUT2D eigenvalue weighted by atomic mass is 35.5. The van der Waals surface area contributed by atoms with Crippen LogP contribution in [-0.4, -0.2) is 17.4 Å². The van der Waals surface area contributed by atoms with Crippen molar-refractivity contribution < 1.29 is 13.6 Å². The SMILES string of the molecule is CCc1cc(CCN(Cc2ccc(C(C)(C)C)cc2)C(=O)c2cc(CF)ccc2F)ccc1Cl. The van der Waals surface area contributed by atoms with Gasteiger partial charge in [0.05, 0.1) is 5.56 Å². The van der Waals surface area contributed by atoms with E-state index in [1.54, 1.807) is 4.90 Å². The summed E-state index contributed by atoms with van der Waals surface area (Å²) in [4.78, 5) is 15.0. The van der Waals surface area contributed by atoms with Crippen molar-refractivity contribution in [2.75, 3.05) is 6.54 Å². The van der Waals surface area contributed by atoms with Crippen LogP contribution in [0, 0.1) is 5.82 Å². The summed E-state index contributed by atoms with van der Waals surface area (Å²) < 4.78 is 27.8. The lowest BCUT2D eigenvalue weighted by atomic mass is 9.87. The molecular formula is C29H32ClF2NO. The minimum atomic E-state index is -0.751. The molecule has 0 heterocycles. The summed E-state index contributed by atoms with van der Waals surface area (Å²) in [7, 11) is 0. The van der Waals surface area contributed by atoms with E-state index in [2.05, 4.69) is 32.9 Å². The average molecular weight is 484 g/mol. The van der Waals surface area contributed by atoms with E-state index in [1.807, 2.05) is 37.3 Å². The van der Waals surface area contributed by atoms with Gasteiger partial charge in [-0.05, 0) is 64.3 Å². The van der Waals surface area contributed by atoms with Crippen LogP contribution in [0.1, 0.15) is 65.9 Å². The largest absolute Gasteiger partial charge is 0.334 e. The Balaban J connectivity index is 1.88. The van der Waals surface area contributed by atoms with Crippen LogP contribution in [0.25, 0.3) is 0 Å². The first-order valence-corrected chi connectivity index (χ1v) is 12.0. The molecular weight excluding hydrogens is 452 g/mol. The molecule has 1 amide bonds. The minimum Gasteiger partial charge on any atom is -0.334 e. The van der Waals surface area contributed by atoms with E-state index in [1.165, 1.54) is 17.7 Å². The van der Waals surface area contributed by atoms with Gasteiger partial charge in [0, 0.05) is 18.1 Å². The highest BCUT2D eigenvalue weighted by Gasteiger charge is 2.21. The van der Waals surface area contributed by atoms with Crippen molar-refractivity contribution >= 4 is 17.5 Å². The maximum absolute atomic E-state index is 14.6. The quantitative estimate of drug-likeness (QED) is 0.321. The number of nitrogens with zero attached hydrogens (tertiary/aromatic N) is 1. The van der Waals surface area contributed by atoms with Gasteiger partial charge in [-0.15, -0.1) is 0 Å². The topological polar surface area (TPSA) is 20.3 Å². The maximum atomic E-state index is 14.6. The fourth-order valence-corrected chi connectivity index (χ4v) is 4.14. The van der Waals surface area contributed by atoms with Gasteiger partial charge < -0.3 is 4.90 Å². The van der Waals surface area contributed by atoms with E-state index in [0.717, 1.165) is 34.2 Å². The molecule has 0 atom stereocenters. The van der Waals surface area contributed by atoms with Gasteiger partial charge >= 0.3 is 0 Å². The predicted molar refractivity (Wildman–Crippen MR) is 136 cm³/mol. The van der Waals surface area contributed by atoms with Crippen LogP contribution in [0.2, 0.25) is 5.02 Å². The number of rotatable bonds is 8. The van der Waals surface area contributed by atoms with Gasteiger partial charge in [-0.25, -0.2) is 8.78 Å². The summed E-state index contributed by atoms with van der Waals surface area (Å²) in [5, 5.41) is 0.725. The maximum Gasteiger partial charge on any atom is 0.257 e. The molecule has 3 aromatic carbocycles. The molecule has 34 heavy (non-hydrogen) atoms. The van der Waals surface area contributed by atoms with Crippen LogP contribution in [-0.2, 0) is 31.5 Å². The van der Waals surface area contributed by atoms with Crippen molar-refractivity contribution in [2.24, 2.45) is 0 Å². The zero-order valence-electron chi connectivity index (χ0n) is 20.3. The summed E-state index contributed by atoms with van der Waals surface area (Å²) in [6.07, 6.45) is 1.41. The van der Waals surface area contributed by atoms with E-state index < -0.39 is 18.4 Å². The molecule has 0 spiro atoms. The first-order chi connectivity index (χ1) is 16.1. The molecule has 0 aliphatic heterocycles. The van der Waals surface area contributed by atoms with Crippen LogP contribution < -0.4 is 0 Å². The van der Waals surface area contributed by atoms with Gasteiger partial charge in [-0.3, -0.25) is 4.79 Å². The summed E-state index contributed by atoms with van der Waals surface area (Å²) in [5.41, 5.74) is 4.46. The van der Waals surface area contributed by atoms with Gasteiger partial charge in [0.15, 0.2) is 0 Å². The molecule has 0 unspecified atom stereocenters. The van der Waals surface area contributed by atoms with Gasteiger partial charge in [0.25, 0.3) is 5.91 Å². The molecule has 2 nitrogen and oxygen atoms in total. The second-order valence-electron chi connectivity index (χ2n) is 9.65. The first kappa shape index (κ1) is 25.9. The van der Waals surface area contributed by atoms with Crippen LogP contribution in [0.3, 0.4) is 0 Å². The fourth-order valence-electron chi connectivity index (χ4n) is 3.89. The lowest BCUT2D eigenvalue weighted by molar-refractivity contribution is 0.0740. The Labute approximate surface area is 206 Å². The van der Waals surface area contributed by atoms with Crippen LogP contribution in [0.5, 0.6) is 0 Å². The van der Waals surface area contributed by atoms with E-state index in [9.17, 15) is 13.6 Å². The number of alkyl halides is 1. The molecule has 0 aliphatic carbocycles. The van der Waals surface area contributed by atoms with Gasteiger partial charge in [-0.1, -0.05) is 81.8 Å². The summed E-state index contributed by atoms with van der Waals surface area (Å²) >= 11 is 6.25. The lowest BCUT2D eigenvalue weighted by Gasteiger charge is -2.25. The Bertz CT molecular complexity index is 1140. The molecule has 0 N–H and O–H groups in total. The number of amides is 1. The van der Waals surface area contributed by atoms with Crippen molar-refractivity contribution in [3.8, 4) is 0 Å². The highest BCUT2D eigenvalue weighted by molar-refractivity contribution is 6.31. The molecule has 0 fully saturated rings. The fraction of sp³-hybridized carbons (Fsp3) is 0.345. The number of hydrogen-bond donors (Lipinski definition) is 0. The van der Waals surface area contributed by atoms with Crippen LogP contribution in [0.15, 0.2) is 60.7 Å². The second kappa shape index (κ2) is 11.1. The zero-order valence-corrected chi connectivity index (χ0v) is 21.1. The normalized spacial score (nSPS) is 11.5. The zero-order chi connectivity index (χ0) is 24.9. The van der Waals surface area contributed by atoms with E-state index in [4.69, 9.17) is 11.6 Å². The Hall–Kier alpha value is -2.72. The molecule has 5 heteroatoms. The Morgan fingerprint density at radius 3 is 2.21 bits per heavy atom. The molecule has 0 saturated carbocycles. The Kier molecular flexibility index (Phi) is 8.48. The molecule has 3 rings (SSSR count). The van der Waals surface area contributed by atoms with Crippen molar-refractivity contribution in [1.82, 2.24) is 4.90 Å². The third-order valence-electron chi connectivity index (χ3n) is 6.06. The van der Waals surface area contributed by atoms with Crippen molar-refractivity contribution in [1.29, 1.82) is 0 Å². The number of benzene rings is 3. The summed E-state index contributed by atoms with van der Waals surface area (Å²) in [6.45, 7) is 8.46. The molecule has 0 aliphatic rings. The van der Waals surface area contributed by atoms with Crippen LogP contribution in [0.4, 0.5) is 8.78 Å². The molecule has 180 valence electrons. The van der Waals surface area contributed by atoms with Gasteiger partial charge in [-0.2, -0.15) is 0 Å². The molecule has 0 saturated heterocycles. The molecule has 0 aromatic heterocycles. The number of aryl methyl sites for hydroxylation is 1. The monoisotopic (exact) mass is 483 g/mol. The number of carbonyl (C=O) groups is 1. The Morgan fingerprint density at radius 1 is 0.941 bits per heavy atom. The van der Waals surface area contributed by atoms with Crippen LogP contribution >= 0.6 is 11.6 Å². The van der Waals surface area contributed by atoms with E-state index in [0.29, 0.717) is 19.5 Å². The molecule has 0 bridgehead atoms. The number of hydrogen-bond acceptors (Lipinski definition) is 1. The second-order valence-corrected chi connectivity index (χ2v) is 10.1. The summed E-state index contributed by atoms with van der Waals surface area (Å²) in [6, 6.07) is 17.8. The number of carbonyl (C=O) groups excluding carboxylic acids is 1. The smallest absolute Gasteiger partial charge is 0.257 e. The van der Waals surface area contributed by atoms with Gasteiger partial charge in [0.2, 0.25) is 0 Å². The molecule has 0 radical (unpaired) electrons. The first-order valence-electron chi connectivity index (χ1n) is 11.6. The van der Waals surface area contributed by atoms with Crippen molar-refractivity contribution in [3.05, 3.63) is 105 Å². The number of halogens is 3. The summed E-state index contributed by atoms with van der Waals surface area (Å²) in [5.74, 6) is -1.09. The molecule has 3 aromatic rings. The third kappa shape index (κ3) is 6.44. The predicted octanol–water partition coefficient (Wildman–Crippen LogP) is 7.69. The van der Waals surface area contributed by atoms with E-state index in [-0.39, 0.29) is 16.5 Å². The van der Waals surface area contributed by atoms with Crippen molar-refractivity contribution in [2.45, 2.75) is 59.2 Å². The average Bonchev–Trinajstić information content (AvgIpc) is 2.82. The highest BCUT2D eigenvalue weighted by Crippen LogP contribution is 2.24.